The van der Waals surface area contributed by atoms with E-state index in [9.17, 15) is 9.59 Å². The molecular formula is C25H34N4O2. The second kappa shape index (κ2) is 10.6. The summed E-state index contributed by atoms with van der Waals surface area (Å²) in [6, 6.07) is 14.2. The summed E-state index contributed by atoms with van der Waals surface area (Å²) in [7, 11) is 1.86. The van der Waals surface area contributed by atoms with Gasteiger partial charge in [0.05, 0.1) is 13.1 Å². The molecule has 0 radical (unpaired) electrons. The third-order valence-electron chi connectivity index (χ3n) is 6.04. The first-order chi connectivity index (χ1) is 14.8. The molecule has 1 N–H and O–H groups in total. The molecule has 0 atom stereocenters. The van der Waals surface area contributed by atoms with Crippen molar-refractivity contribution < 1.29 is 9.59 Å². The van der Waals surface area contributed by atoms with E-state index in [1.54, 1.807) is 4.90 Å². The predicted octanol–water partition coefficient (Wildman–Crippen LogP) is 2.83. The van der Waals surface area contributed by atoms with E-state index in [-0.39, 0.29) is 11.8 Å². The number of nitrogens with one attached hydrogen (secondary N) is 1. The summed E-state index contributed by atoms with van der Waals surface area (Å²) < 4.78 is 0. The molecule has 1 aliphatic rings. The number of benzene rings is 2. The van der Waals surface area contributed by atoms with Crippen molar-refractivity contribution in [1.82, 2.24) is 14.7 Å². The number of carbonyl (C=O) groups excluding carboxylic acids is 2. The van der Waals surface area contributed by atoms with Gasteiger partial charge in [-0.1, -0.05) is 42.0 Å². The summed E-state index contributed by atoms with van der Waals surface area (Å²) in [5, 5.41) is 3.03. The Labute approximate surface area is 185 Å². The van der Waals surface area contributed by atoms with Crippen LogP contribution < -0.4 is 5.32 Å². The average Bonchev–Trinajstić information content (AvgIpc) is 2.74. The summed E-state index contributed by atoms with van der Waals surface area (Å²) in [5.41, 5.74) is 5.52. The topological polar surface area (TPSA) is 55.9 Å². The van der Waals surface area contributed by atoms with Crippen LogP contribution in [0, 0.1) is 20.8 Å². The van der Waals surface area contributed by atoms with Gasteiger partial charge in [0.25, 0.3) is 0 Å². The summed E-state index contributed by atoms with van der Waals surface area (Å²) in [5.74, 6) is 0.137. The number of hydrogen-bond donors (Lipinski definition) is 1. The third-order valence-corrected chi connectivity index (χ3v) is 6.04. The molecule has 31 heavy (non-hydrogen) atoms. The second-order valence-corrected chi connectivity index (χ2v) is 8.58. The van der Waals surface area contributed by atoms with Crippen molar-refractivity contribution in [3.05, 3.63) is 64.7 Å². The number of nitrogens with zero attached hydrogens (tertiary/aromatic N) is 3. The minimum Gasteiger partial charge on any atom is -0.340 e. The monoisotopic (exact) mass is 422 g/mol. The van der Waals surface area contributed by atoms with Gasteiger partial charge in [0.1, 0.15) is 0 Å². The average molecular weight is 423 g/mol. The maximum Gasteiger partial charge on any atom is 0.238 e. The van der Waals surface area contributed by atoms with Gasteiger partial charge in [0.2, 0.25) is 11.8 Å². The molecule has 2 aromatic carbocycles. The van der Waals surface area contributed by atoms with E-state index in [4.69, 9.17) is 0 Å². The molecule has 1 fully saturated rings. The fourth-order valence-corrected chi connectivity index (χ4v) is 3.75. The fraction of sp³-hybridized carbons (Fsp3) is 0.440. The molecule has 6 nitrogen and oxygen atoms in total. The lowest BCUT2D eigenvalue weighted by Crippen LogP contribution is -2.51. The Kier molecular flexibility index (Phi) is 7.82. The third kappa shape index (κ3) is 6.64. The lowest BCUT2D eigenvalue weighted by atomic mass is 10.1. The molecule has 0 aliphatic carbocycles. The zero-order valence-electron chi connectivity index (χ0n) is 19.1. The molecule has 6 heteroatoms. The van der Waals surface area contributed by atoms with E-state index < -0.39 is 0 Å². The van der Waals surface area contributed by atoms with E-state index in [2.05, 4.69) is 46.3 Å². The second-order valence-electron chi connectivity index (χ2n) is 8.58. The summed E-state index contributed by atoms with van der Waals surface area (Å²) >= 11 is 0. The molecule has 0 spiro atoms. The van der Waals surface area contributed by atoms with Crippen LogP contribution in [0.1, 0.15) is 22.3 Å². The summed E-state index contributed by atoms with van der Waals surface area (Å²) in [6.45, 7) is 10.7. The molecule has 2 amide bonds. The highest BCUT2D eigenvalue weighted by molar-refractivity contribution is 5.93. The summed E-state index contributed by atoms with van der Waals surface area (Å²) in [6.07, 6.45) is 0. The number of piperazine rings is 1. The number of rotatable bonds is 7. The van der Waals surface area contributed by atoms with Crippen LogP contribution in [0.5, 0.6) is 0 Å². The van der Waals surface area contributed by atoms with Crippen LogP contribution >= 0.6 is 0 Å². The number of aryl methyl sites for hydroxylation is 2. The first kappa shape index (κ1) is 23.0. The molecule has 0 unspecified atom stereocenters. The first-order valence-corrected chi connectivity index (χ1v) is 10.9. The molecule has 1 heterocycles. The number of likely N-dealkylation sites (N-methyl/N-ethyl adjacent to an activating group) is 1. The van der Waals surface area contributed by atoms with Gasteiger partial charge in [-0.05, 0) is 43.5 Å². The molecule has 0 bridgehead atoms. The minimum absolute atomic E-state index is 0.0102. The van der Waals surface area contributed by atoms with E-state index in [1.165, 1.54) is 11.1 Å². The van der Waals surface area contributed by atoms with E-state index >= 15 is 0 Å². The van der Waals surface area contributed by atoms with Gasteiger partial charge in [0.15, 0.2) is 0 Å². The highest BCUT2D eigenvalue weighted by Gasteiger charge is 2.22. The van der Waals surface area contributed by atoms with Crippen LogP contribution in [0.2, 0.25) is 0 Å². The number of carbonyl (C=O) groups is 2. The predicted molar refractivity (Wildman–Crippen MR) is 125 cm³/mol. The molecule has 1 aliphatic heterocycles. The Bertz CT molecular complexity index is 902. The Hall–Kier alpha value is -2.70. The van der Waals surface area contributed by atoms with Gasteiger partial charge in [-0.2, -0.15) is 0 Å². The molecule has 3 rings (SSSR count). The Morgan fingerprint density at radius 1 is 0.903 bits per heavy atom. The number of amides is 2. The molecule has 166 valence electrons. The highest BCUT2D eigenvalue weighted by Crippen LogP contribution is 2.18. The van der Waals surface area contributed by atoms with Crippen LogP contribution in [0.25, 0.3) is 0 Å². The zero-order valence-corrected chi connectivity index (χ0v) is 19.1. The van der Waals surface area contributed by atoms with Crippen LogP contribution in [-0.4, -0.2) is 72.8 Å². The van der Waals surface area contributed by atoms with Crippen LogP contribution in [0.4, 0.5) is 5.69 Å². The van der Waals surface area contributed by atoms with Crippen molar-refractivity contribution in [1.29, 1.82) is 0 Å². The minimum atomic E-state index is 0.0102. The first-order valence-electron chi connectivity index (χ1n) is 10.9. The van der Waals surface area contributed by atoms with E-state index in [1.807, 2.05) is 39.1 Å². The lowest BCUT2D eigenvalue weighted by Gasteiger charge is -2.34. The SMILES string of the molecule is Cc1ccc(CN(C)C(=O)CN2CCN(CC(=O)Nc3cccc(C)c3C)CC2)cc1. The van der Waals surface area contributed by atoms with Gasteiger partial charge < -0.3 is 10.2 Å². The van der Waals surface area contributed by atoms with Gasteiger partial charge in [-0.3, -0.25) is 19.4 Å². The van der Waals surface area contributed by atoms with Gasteiger partial charge >= 0.3 is 0 Å². The van der Waals surface area contributed by atoms with E-state index in [0.717, 1.165) is 43.0 Å². The van der Waals surface area contributed by atoms with Crippen molar-refractivity contribution in [3.63, 3.8) is 0 Å². The smallest absolute Gasteiger partial charge is 0.238 e. The molecule has 0 aromatic heterocycles. The maximum atomic E-state index is 12.6. The van der Waals surface area contributed by atoms with Crippen molar-refractivity contribution in [2.45, 2.75) is 27.3 Å². The standard InChI is InChI=1S/C25H34N4O2/c1-19-8-10-22(11-9-19)16-27(4)25(31)18-29-14-12-28(13-15-29)17-24(30)26-23-7-5-6-20(2)21(23)3/h5-11H,12-18H2,1-4H3,(H,26,30). The van der Waals surface area contributed by atoms with Gasteiger partial charge in [0, 0.05) is 45.5 Å². The van der Waals surface area contributed by atoms with Crippen molar-refractivity contribution in [3.8, 4) is 0 Å². The number of anilines is 1. The van der Waals surface area contributed by atoms with Crippen LogP contribution in [-0.2, 0) is 16.1 Å². The maximum absolute atomic E-state index is 12.6. The van der Waals surface area contributed by atoms with Gasteiger partial charge in [-0.25, -0.2) is 0 Å². The molecular weight excluding hydrogens is 388 g/mol. The Balaban J connectivity index is 1.40. The Morgan fingerprint density at radius 3 is 2.16 bits per heavy atom. The molecule has 1 saturated heterocycles. The van der Waals surface area contributed by atoms with Crippen molar-refractivity contribution in [2.24, 2.45) is 0 Å². The fourth-order valence-electron chi connectivity index (χ4n) is 3.75. The quantitative estimate of drug-likeness (QED) is 0.746. The van der Waals surface area contributed by atoms with Crippen molar-refractivity contribution >= 4 is 17.5 Å². The largest absolute Gasteiger partial charge is 0.340 e. The zero-order chi connectivity index (χ0) is 22.4. The normalized spacial score (nSPS) is 15.0. The lowest BCUT2D eigenvalue weighted by molar-refractivity contribution is -0.132. The summed E-state index contributed by atoms with van der Waals surface area (Å²) in [4.78, 5) is 31.2. The molecule has 0 saturated carbocycles. The number of hydrogen-bond acceptors (Lipinski definition) is 4. The van der Waals surface area contributed by atoms with Crippen LogP contribution in [0.3, 0.4) is 0 Å². The molecule has 2 aromatic rings. The highest BCUT2D eigenvalue weighted by atomic mass is 16.2. The Morgan fingerprint density at radius 2 is 1.52 bits per heavy atom. The van der Waals surface area contributed by atoms with E-state index in [0.29, 0.717) is 19.6 Å². The van der Waals surface area contributed by atoms with Crippen LogP contribution in [0.15, 0.2) is 42.5 Å². The van der Waals surface area contributed by atoms with Crippen molar-refractivity contribution in [2.75, 3.05) is 51.6 Å². The van der Waals surface area contributed by atoms with Gasteiger partial charge in [-0.15, -0.1) is 0 Å².